The Morgan fingerprint density at radius 2 is 1.75 bits per heavy atom. The highest BCUT2D eigenvalue weighted by Crippen LogP contribution is 2.42. The number of halogens is 3. The maximum absolute atomic E-state index is 14.4. The standard InChI is InChI=1S/C27H32F3N3O3/c28-21-12-20(16-31-17-21)25(26(36)32-15-19-4-2-1-3-5-19)33(22-13-27(29,30)14-22)24(35)11-8-18-6-9-23(34)10-7-18/h1-7,9-10,20-22,25,31,34H,8,11-17H2,(H,32,36). The molecule has 1 aliphatic heterocycles. The average molecular weight is 504 g/mol. The van der Waals surface area contributed by atoms with Crippen LogP contribution in [0.4, 0.5) is 13.2 Å². The van der Waals surface area contributed by atoms with Crippen LogP contribution in [-0.2, 0) is 22.6 Å². The lowest BCUT2D eigenvalue weighted by Gasteiger charge is -2.48. The van der Waals surface area contributed by atoms with Crippen LogP contribution in [0, 0.1) is 5.92 Å². The first kappa shape index (κ1) is 26.0. The van der Waals surface area contributed by atoms with E-state index in [1.165, 1.54) is 17.0 Å². The number of aryl methyl sites for hydroxylation is 1. The minimum atomic E-state index is -2.89. The summed E-state index contributed by atoms with van der Waals surface area (Å²) in [5.74, 6) is -4.21. The van der Waals surface area contributed by atoms with Crippen LogP contribution in [0.25, 0.3) is 0 Å². The number of phenolic OH excluding ortho intramolecular Hbond substituents is 1. The first-order valence-corrected chi connectivity index (χ1v) is 12.4. The van der Waals surface area contributed by atoms with Crippen LogP contribution < -0.4 is 10.6 Å². The molecule has 3 unspecified atom stereocenters. The number of nitrogens with one attached hydrogen (secondary N) is 2. The highest BCUT2D eigenvalue weighted by Gasteiger charge is 2.53. The molecule has 2 aromatic carbocycles. The Bertz CT molecular complexity index is 1030. The highest BCUT2D eigenvalue weighted by atomic mass is 19.3. The lowest BCUT2D eigenvalue weighted by molar-refractivity contribution is -0.167. The molecule has 3 atom stereocenters. The maximum Gasteiger partial charge on any atom is 0.252 e. The van der Waals surface area contributed by atoms with E-state index in [1.54, 1.807) is 12.1 Å². The lowest BCUT2D eigenvalue weighted by atomic mass is 9.81. The molecule has 2 amide bonds. The average Bonchev–Trinajstić information content (AvgIpc) is 2.84. The Balaban J connectivity index is 1.56. The molecule has 194 valence electrons. The first-order chi connectivity index (χ1) is 17.2. The largest absolute Gasteiger partial charge is 0.508 e. The van der Waals surface area contributed by atoms with E-state index in [1.807, 2.05) is 30.3 Å². The molecule has 1 aliphatic carbocycles. The zero-order chi connectivity index (χ0) is 25.7. The molecule has 6 nitrogen and oxygen atoms in total. The number of phenols is 1. The third kappa shape index (κ3) is 6.57. The molecule has 36 heavy (non-hydrogen) atoms. The lowest BCUT2D eigenvalue weighted by Crippen LogP contribution is -2.64. The molecule has 2 fully saturated rings. The van der Waals surface area contributed by atoms with Crippen molar-refractivity contribution in [3.8, 4) is 5.75 Å². The van der Waals surface area contributed by atoms with Gasteiger partial charge in [-0.05, 0) is 36.1 Å². The summed E-state index contributed by atoms with van der Waals surface area (Å²) in [6.45, 7) is 0.686. The van der Waals surface area contributed by atoms with Crippen LogP contribution in [0.1, 0.15) is 36.8 Å². The molecule has 0 spiro atoms. The minimum Gasteiger partial charge on any atom is -0.508 e. The second-order valence-corrected chi connectivity index (χ2v) is 9.79. The predicted molar refractivity (Wildman–Crippen MR) is 129 cm³/mol. The SMILES string of the molecule is O=C(NCc1ccccc1)C(C1CNCC(F)C1)N(C(=O)CCc1ccc(O)cc1)C1CC(F)(F)C1. The number of alkyl halides is 3. The third-order valence-electron chi connectivity index (χ3n) is 6.97. The third-order valence-corrected chi connectivity index (χ3v) is 6.97. The summed E-state index contributed by atoms with van der Waals surface area (Å²) >= 11 is 0. The van der Waals surface area contributed by atoms with Crippen LogP contribution in [0.3, 0.4) is 0 Å². The fraction of sp³-hybridized carbons (Fsp3) is 0.481. The summed E-state index contributed by atoms with van der Waals surface area (Å²) in [5.41, 5.74) is 1.66. The summed E-state index contributed by atoms with van der Waals surface area (Å²) in [5, 5.41) is 15.3. The normalized spacial score (nSPS) is 22.3. The quantitative estimate of drug-likeness (QED) is 0.489. The summed E-state index contributed by atoms with van der Waals surface area (Å²) in [6, 6.07) is 13.8. The number of carbonyl (C=O) groups excluding carboxylic acids is 2. The van der Waals surface area contributed by atoms with Crippen molar-refractivity contribution in [1.29, 1.82) is 0 Å². The van der Waals surface area contributed by atoms with E-state index in [2.05, 4.69) is 10.6 Å². The molecule has 9 heteroatoms. The Kier molecular flexibility index (Phi) is 8.18. The van der Waals surface area contributed by atoms with E-state index in [4.69, 9.17) is 0 Å². The number of carbonyl (C=O) groups is 2. The fourth-order valence-corrected chi connectivity index (χ4v) is 5.07. The van der Waals surface area contributed by atoms with Gasteiger partial charge in [0.1, 0.15) is 18.0 Å². The maximum atomic E-state index is 14.4. The van der Waals surface area contributed by atoms with Gasteiger partial charge in [-0.25, -0.2) is 13.2 Å². The van der Waals surface area contributed by atoms with Gasteiger partial charge in [0.15, 0.2) is 0 Å². The molecule has 0 aromatic heterocycles. The molecule has 1 heterocycles. The van der Waals surface area contributed by atoms with Gasteiger partial charge < -0.3 is 20.6 Å². The van der Waals surface area contributed by atoms with Crippen LogP contribution in [0.5, 0.6) is 5.75 Å². The number of nitrogens with zero attached hydrogens (tertiary/aromatic N) is 1. The summed E-state index contributed by atoms with van der Waals surface area (Å²) in [4.78, 5) is 28.3. The smallest absolute Gasteiger partial charge is 0.252 e. The van der Waals surface area contributed by atoms with Crippen LogP contribution in [0.2, 0.25) is 0 Å². The van der Waals surface area contributed by atoms with Gasteiger partial charge in [-0.1, -0.05) is 42.5 Å². The van der Waals surface area contributed by atoms with Gasteiger partial charge in [0.05, 0.1) is 0 Å². The molecule has 0 bridgehead atoms. The topological polar surface area (TPSA) is 81.7 Å². The summed E-state index contributed by atoms with van der Waals surface area (Å²) < 4.78 is 42.2. The number of rotatable bonds is 9. The van der Waals surface area contributed by atoms with Crippen molar-refractivity contribution in [3.05, 3.63) is 65.7 Å². The van der Waals surface area contributed by atoms with Gasteiger partial charge in [0.25, 0.3) is 5.92 Å². The number of amides is 2. The summed E-state index contributed by atoms with van der Waals surface area (Å²) in [6.07, 6.45) is -1.81. The Hall–Kier alpha value is -3.07. The van der Waals surface area contributed by atoms with E-state index >= 15 is 0 Å². The number of piperidine rings is 1. The molecule has 0 radical (unpaired) electrons. The van der Waals surface area contributed by atoms with Crippen molar-refractivity contribution < 1.29 is 27.9 Å². The van der Waals surface area contributed by atoms with Crippen molar-refractivity contribution >= 4 is 11.8 Å². The van der Waals surface area contributed by atoms with Crippen LogP contribution in [0.15, 0.2) is 54.6 Å². The molecule has 1 saturated heterocycles. The Morgan fingerprint density at radius 3 is 2.39 bits per heavy atom. The fourth-order valence-electron chi connectivity index (χ4n) is 5.07. The van der Waals surface area contributed by atoms with E-state index < -0.39 is 54.8 Å². The number of aromatic hydroxyl groups is 1. The molecule has 1 saturated carbocycles. The van der Waals surface area contributed by atoms with Gasteiger partial charge in [-0.2, -0.15) is 0 Å². The van der Waals surface area contributed by atoms with Crippen molar-refractivity contribution in [1.82, 2.24) is 15.5 Å². The van der Waals surface area contributed by atoms with Crippen molar-refractivity contribution in [2.75, 3.05) is 13.1 Å². The molecule has 2 aliphatic rings. The zero-order valence-corrected chi connectivity index (χ0v) is 20.0. The minimum absolute atomic E-state index is 0.00845. The van der Waals surface area contributed by atoms with Gasteiger partial charge in [0.2, 0.25) is 11.8 Å². The van der Waals surface area contributed by atoms with E-state index in [0.29, 0.717) is 13.0 Å². The molecule has 4 rings (SSSR count). The van der Waals surface area contributed by atoms with Gasteiger partial charge >= 0.3 is 0 Å². The van der Waals surface area contributed by atoms with Gasteiger partial charge in [-0.3, -0.25) is 9.59 Å². The summed E-state index contributed by atoms with van der Waals surface area (Å²) in [7, 11) is 0. The predicted octanol–water partition coefficient (Wildman–Crippen LogP) is 3.58. The van der Waals surface area contributed by atoms with Gasteiger partial charge in [0, 0.05) is 50.9 Å². The van der Waals surface area contributed by atoms with Gasteiger partial charge in [-0.15, -0.1) is 0 Å². The number of hydrogen-bond donors (Lipinski definition) is 3. The van der Waals surface area contributed by atoms with Crippen LogP contribution in [-0.4, -0.2) is 59.1 Å². The van der Waals surface area contributed by atoms with E-state index in [9.17, 15) is 27.9 Å². The van der Waals surface area contributed by atoms with Crippen LogP contribution >= 0.6 is 0 Å². The Morgan fingerprint density at radius 1 is 1.06 bits per heavy atom. The Labute approximate surface area is 208 Å². The number of hydrogen-bond acceptors (Lipinski definition) is 4. The van der Waals surface area contributed by atoms with E-state index in [0.717, 1.165) is 11.1 Å². The highest BCUT2D eigenvalue weighted by molar-refractivity contribution is 5.88. The second-order valence-electron chi connectivity index (χ2n) is 9.79. The zero-order valence-electron chi connectivity index (χ0n) is 20.0. The van der Waals surface area contributed by atoms with Crippen molar-refractivity contribution in [2.24, 2.45) is 5.92 Å². The van der Waals surface area contributed by atoms with Crippen molar-refractivity contribution in [2.45, 2.75) is 62.8 Å². The molecule has 3 N–H and O–H groups in total. The monoisotopic (exact) mass is 503 g/mol. The first-order valence-electron chi connectivity index (χ1n) is 12.4. The van der Waals surface area contributed by atoms with E-state index in [-0.39, 0.29) is 31.7 Å². The second kappa shape index (κ2) is 11.3. The molecule has 2 aromatic rings. The number of benzene rings is 2. The molecular weight excluding hydrogens is 471 g/mol. The van der Waals surface area contributed by atoms with Crippen molar-refractivity contribution in [3.63, 3.8) is 0 Å². The molecular formula is C27H32F3N3O3.